The topological polar surface area (TPSA) is 82.2 Å². The highest BCUT2D eigenvalue weighted by atomic mass is 127. The first kappa shape index (κ1) is 16.6. The first-order valence-electron chi connectivity index (χ1n) is 7.40. The Morgan fingerprint density at radius 3 is 3.09 bits per heavy atom. The average molecular weight is 449 g/mol. The molecule has 23 heavy (non-hydrogen) atoms. The van der Waals surface area contributed by atoms with E-state index < -0.39 is 7.10 Å². The Morgan fingerprint density at radius 1 is 1.57 bits per heavy atom. The van der Waals surface area contributed by atoms with Gasteiger partial charge in [-0.1, -0.05) is 7.10 Å². The molecule has 0 aliphatic carbocycles. The lowest BCUT2D eigenvalue weighted by Crippen LogP contribution is -2.42. The molecule has 2 aromatic rings. The van der Waals surface area contributed by atoms with Crippen molar-refractivity contribution in [1.29, 1.82) is 0 Å². The maximum atomic E-state index is 12.3. The predicted octanol–water partition coefficient (Wildman–Crippen LogP) is 0.991. The van der Waals surface area contributed by atoms with Crippen LogP contribution in [0.3, 0.4) is 0 Å². The molecular weight excluding hydrogens is 429 g/mol. The van der Waals surface area contributed by atoms with Gasteiger partial charge in [-0.15, -0.1) is 0 Å². The number of nitrogens with one attached hydrogen (secondary N) is 1. The molecule has 9 heteroatoms. The number of H-pyrrole nitrogens is 1. The van der Waals surface area contributed by atoms with Gasteiger partial charge < -0.3 is 14.8 Å². The van der Waals surface area contributed by atoms with Gasteiger partial charge in [0.05, 0.1) is 17.2 Å². The third-order valence-electron chi connectivity index (χ3n) is 4.15. The lowest BCUT2D eigenvalue weighted by atomic mass is 10.2. The second kappa shape index (κ2) is 6.34. The number of carbonyl (C=O) groups excluding carboxylic acids is 1. The lowest BCUT2D eigenvalue weighted by Gasteiger charge is -2.26. The molecule has 0 bridgehead atoms. The summed E-state index contributed by atoms with van der Waals surface area (Å²) < 4.78 is 11.9. The molecule has 1 saturated heterocycles. The van der Waals surface area contributed by atoms with Crippen LogP contribution in [0.5, 0.6) is 0 Å². The number of rotatable bonds is 4. The minimum atomic E-state index is -2.37. The molecule has 1 aliphatic heterocycles. The molecule has 1 amide bonds. The summed E-state index contributed by atoms with van der Waals surface area (Å²) in [5, 5.41) is 0.993. The number of fused-ring (bicyclic) bond motifs is 1. The van der Waals surface area contributed by atoms with Crippen LogP contribution in [0, 0.1) is 0 Å². The van der Waals surface area contributed by atoms with Gasteiger partial charge in [-0.2, -0.15) is 0 Å². The van der Waals surface area contributed by atoms with Gasteiger partial charge in [0.1, 0.15) is 17.8 Å². The van der Waals surface area contributed by atoms with Crippen LogP contribution in [0.2, 0.25) is 0 Å². The van der Waals surface area contributed by atoms with Crippen LogP contribution in [0.25, 0.3) is 11.0 Å². The zero-order valence-electron chi connectivity index (χ0n) is 13.1. The Bertz CT molecular complexity index is 773. The van der Waals surface area contributed by atoms with Crippen LogP contribution in [-0.4, -0.2) is 68.2 Å². The Hall–Kier alpha value is -1.23. The summed E-state index contributed by atoms with van der Waals surface area (Å²) in [5.74, 6) is 0.970. The first-order valence-corrected chi connectivity index (χ1v) is 12.5. The summed E-state index contributed by atoms with van der Waals surface area (Å²) in [5.41, 5.74) is 0.819. The van der Waals surface area contributed by atoms with E-state index in [9.17, 15) is 9.00 Å². The van der Waals surface area contributed by atoms with Crippen molar-refractivity contribution in [3.8, 4) is 0 Å². The van der Waals surface area contributed by atoms with Crippen molar-refractivity contribution in [2.75, 3.05) is 37.0 Å². The number of aromatic amines is 1. The fraction of sp³-hybridized carbons (Fsp3) is 0.500. The second-order valence-corrected chi connectivity index (χ2v) is 14.4. The minimum Gasteiger partial charge on any atom is -0.354 e. The van der Waals surface area contributed by atoms with E-state index in [4.69, 9.17) is 0 Å². The Morgan fingerprint density at radius 2 is 2.35 bits per heavy atom. The van der Waals surface area contributed by atoms with Crippen LogP contribution < -0.4 is 4.90 Å². The molecule has 7 nitrogen and oxygen atoms in total. The van der Waals surface area contributed by atoms with Crippen molar-refractivity contribution in [3.05, 3.63) is 18.6 Å². The van der Waals surface area contributed by atoms with Gasteiger partial charge in [0.2, 0.25) is 5.91 Å². The number of aromatic nitrogens is 3. The van der Waals surface area contributed by atoms with Crippen LogP contribution in [0.15, 0.2) is 18.6 Å². The van der Waals surface area contributed by atoms with Crippen molar-refractivity contribution < 1.29 is 9.00 Å². The molecule has 0 aromatic carbocycles. The van der Waals surface area contributed by atoms with E-state index in [1.165, 1.54) is 0 Å². The predicted molar refractivity (Wildman–Crippen MR) is 102 cm³/mol. The zero-order valence-corrected chi connectivity index (χ0v) is 16.1. The number of thiol groups is 1. The van der Waals surface area contributed by atoms with Crippen molar-refractivity contribution in [2.24, 2.45) is 0 Å². The fourth-order valence-corrected chi connectivity index (χ4v) is 4.50. The molecular formula is C14H20IN5O2S. The monoisotopic (exact) mass is 449 g/mol. The highest BCUT2D eigenvalue weighted by Crippen LogP contribution is 2.27. The van der Waals surface area contributed by atoms with Gasteiger partial charge in [-0.25, -0.2) is 9.97 Å². The Kier molecular flexibility index (Phi) is 4.59. The van der Waals surface area contributed by atoms with Gasteiger partial charge in [0.15, 0.2) is 0 Å². The number of carbonyl (C=O) groups is 1. The number of nitrogens with zero attached hydrogens (tertiary/aromatic N) is 4. The number of halogens is 1. The molecule has 0 spiro atoms. The number of hydrogen-bond donors (Lipinski definition) is 2. The highest BCUT2D eigenvalue weighted by molar-refractivity contribution is 14.2. The Balaban J connectivity index is 1.72. The SMILES string of the molecule is CN(C(=O)C[SH](C)(=O)I)[C@@H]1CCN(c2ncnc3[nH]ccc23)C1. The van der Waals surface area contributed by atoms with E-state index in [0.29, 0.717) is 0 Å². The second-order valence-electron chi connectivity index (χ2n) is 5.97. The molecule has 0 saturated carbocycles. The molecule has 2 aromatic heterocycles. The fourth-order valence-electron chi connectivity index (χ4n) is 2.92. The van der Waals surface area contributed by atoms with Crippen LogP contribution in [-0.2, 0) is 11.9 Å². The van der Waals surface area contributed by atoms with Gasteiger partial charge in [0.25, 0.3) is 0 Å². The largest absolute Gasteiger partial charge is 0.354 e. The van der Waals surface area contributed by atoms with Crippen LogP contribution in [0.1, 0.15) is 6.42 Å². The lowest BCUT2D eigenvalue weighted by molar-refractivity contribution is -0.128. The van der Waals surface area contributed by atoms with E-state index in [1.807, 2.05) is 33.5 Å². The minimum absolute atomic E-state index is 0.0495. The zero-order chi connectivity index (χ0) is 16.6. The number of amides is 1. The summed E-state index contributed by atoms with van der Waals surface area (Å²) in [4.78, 5) is 27.9. The summed E-state index contributed by atoms with van der Waals surface area (Å²) >= 11 is 1.89. The van der Waals surface area contributed by atoms with Gasteiger partial charge in [0, 0.05) is 47.5 Å². The molecule has 1 N–H and O–H groups in total. The quantitative estimate of drug-likeness (QED) is 0.414. The van der Waals surface area contributed by atoms with E-state index in [0.717, 1.165) is 36.4 Å². The molecule has 3 rings (SSSR count). The number of hydrogen-bond acceptors (Lipinski definition) is 5. The van der Waals surface area contributed by atoms with E-state index in [-0.39, 0.29) is 17.7 Å². The van der Waals surface area contributed by atoms with Crippen molar-refractivity contribution >= 4 is 51.1 Å². The molecule has 3 heterocycles. The number of anilines is 1. The third-order valence-corrected chi connectivity index (χ3v) is 6.01. The van der Waals surface area contributed by atoms with Crippen molar-refractivity contribution in [3.63, 3.8) is 0 Å². The van der Waals surface area contributed by atoms with Gasteiger partial charge >= 0.3 is 0 Å². The van der Waals surface area contributed by atoms with E-state index in [2.05, 4.69) is 19.9 Å². The van der Waals surface area contributed by atoms with Gasteiger partial charge in [-0.05, 0) is 18.7 Å². The molecule has 0 unspecified atom stereocenters. The summed E-state index contributed by atoms with van der Waals surface area (Å²) in [6, 6.07) is 2.09. The summed E-state index contributed by atoms with van der Waals surface area (Å²) in [6.45, 7) is 1.57. The van der Waals surface area contributed by atoms with E-state index >= 15 is 0 Å². The smallest absolute Gasteiger partial charge is 0.233 e. The van der Waals surface area contributed by atoms with E-state index in [1.54, 1.807) is 24.5 Å². The highest BCUT2D eigenvalue weighted by Gasteiger charge is 2.30. The average Bonchev–Trinajstić information content (AvgIpc) is 3.13. The van der Waals surface area contributed by atoms with Gasteiger partial charge in [-0.3, -0.25) is 9.00 Å². The summed E-state index contributed by atoms with van der Waals surface area (Å²) in [6.07, 6.45) is 5.93. The van der Waals surface area contributed by atoms with Crippen LogP contribution >= 0.6 is 21.2 Å². The summed E-state index contributed by atoms with van der Waals surface area (Å²) in [7, 11) is -0.573. The molecule has 126 valence electrons. The molecule has 1 aliphatic rings. The molecule has 1 atom stereocenters. The molecule has 1 fully saturated rings. The normalized spacial score (nSPS) is 19.3. The maximum Gasteiger partial charge on any atom is 0.233 e. The van der Waals surface area contributed by atoms with Crippen molar-refractivity contribution in [2.45, 2.75) is 12.5 Å². The van der Waals surface area contributed by atoms with Crippen LogP contribution in [0.4, 0.5) is 5.82 Å². The molecule has 0 radical (unpaired) electrons. The third kappa shape index (κ3) is 3.65. The maximum absolute atomic E-state index is 12.3. The first-order chi connectivity index (χ1) is 10.8. The standard InChI is InChI=1S/C14H20IN5O2S/c1-19(12(21)8-23(2,15)22)10-4-6-20(7-10)14-11-3-5-16-13(11)17-9-18-14/h3,5,9-10,23H,4,6-8H2,1-2H3,(H,16,17,18)/t10-/m1/s1. The number of likely N-dealkylation sites (N-methyl/N-ethyl adjacent to an activating group) is 1. The van der Waals surface area contributed by atoms with Crippen molar-refractivity contribution in [1.82, 2.24) is 19.9 Å². The Labute approximate surface area is 147 Å².